The van der Waals surface area contributed by atoms with E-state index in [1.54, 1.807) is 18.2 Å². The van der Waals surface area contributed by atoms with E-state index < -0.39 is 0 Å². The van der Waals surface area contributed by atoms with Gasteiger partial charge in [-0.05, 0) is 44.9 Å². The van der Waals surface area contributed by atoms with Crippen LogP contribution in [0.4, 0.5) is 0 Å². The van der Waals surface area contributed by atoms with Crippen LogP contribution in [-0.2, 0) is 4.74 Å². The molecule has 0 spiro atoms. The number of hydrogen-bond acceptors (Lipinski definition) is 3. The van der Waals surface area contributed by atoms with E-state index in [-0.39, 0.29) is 11.7 Å². The maximum Gasteiger partial charge on any atom is 0.131 e. The molecule has 1 unspecified atom stereocenters. The van der Waals surface area contributed by atoms with Gasteiger partial charge < -0.3 is 15.2 Å². The van der Waals surface area contributed by atoms with E-state index in [0.29, 0.717) is 27.9 Å². The second-order valence-corrected chi connectivity index (χ2v) is 6.23. The minimum Gasteiger partial charge on any atom is -0.490 e. The highest BCUT2D eigenvalue weighted by molar-refractivity contribution is 7.80. The predicted octanol–water partition coefficient (Wildman–Crippen LogP) is 3.31. The van der Waals surface area contributed by atoms with Crippen LogP contribution in [0.25, 0.3) is 0 Å². The van der Waals surface area contributed by atoms with Crippen LogP contribution < -0.4 is 10.5 Å². The van der Waals surface area contributed by atoms with Crippen LogP contribution in [0, 0.1) is 0 Å². The quantitative estimate of drug-likeness (QED) is 0.866. The van der Waals surface area contributed by atoms with Crippen LogP contribution in [0.1, 0.15) is 32.3 Å². The molecule has 104 valence electrons. The largest absolute Gasteiger partial charge is 0.490 e. The summed E-state index contributed by atoms with van der Waals surface area (Å²) in [5.41, 5.74) is 6.31. The molecule has 0 amide bonds. The summed E-state index contributed by atoms with van der Waals surface area (Å²) in [5.74, 6) is 0.619. The molecule has 0 bridgehead atoms. The van der Waals surface area contributed by atoms with Crippen molar-refractivity contribution in [2.24, 2.45) is 5.73 Å². The van der Waals surface area contributed by atoms with Gasteiger partial charge >= 0.3 is 0 Å². The molecule has 5 heteroatoms. The molecule has 1 aliphatic heterocycles. The third kappa shape index (κ3) is 3.81. The highest BCUT2D eigenvalue weighted by atomic mass is 35.5. The summed E-state index contributed by atoms with van der Waals surface area (Å²) in [5, 5.41) is 0.600. The van der Waals surface area contributed by atoms with Crippen LogP contribution in [0.3, 0.4) is 0 Å². The summed E-state index contributed by atoms with van der Waals surface area (Å²) in [6, 6.07) is 5.26. The summed E-state index contributed by atoms with van der Waals surface area (Å²) in [4.78, 5) is 0.305. The Balaban J connectivity index is 2.03. The van der Waals surface area contributed by atoms with Gasteiger partial charge in [0.15, 0.2) is 0 Å². The summed E-state index contributed by atoms with van der Waals surface area (Å²) >= 11 is 11.0. The maximum atomic E-state index is 5.97. The Morgan fingerprint density at radius 2 is 2.32 bits per heavy atom. The number of rotatable bonds is 4. The van der Waals surface area contributed by atoms with Crippen LogP contribution in [0.15, 0.2) is 18.2 Å². The maximum absolute atomic E-state index is 5.97. The first-order valence-corrected chi connectivity index (χ1v) is 7.06. The molecule has 1 heterocycles. The second kappa shape index (κ2) is 5.65. The van der Waals surface area contributed by atoms with E-state index in [9.17, 15) is 0 Å². The molecular weight excluding hydrogens is 282 g/mol. The molecule has 0 saturated carbocycles. The third-order valence-corrected chi connectivity index (χ3v) is 3.64. The first-order chi connectivity index (χ1) is 8.87. The fraction of sp³-hybridized carbons (Fsp3) is 0.500. The molecule has 1 atom stereocenters. The first kappa shape index (κ1) is 14.6. The number of halogens is 1. The first-order valence-electron chi connectivity index (χ1n) is 6.27. The van der Waals surface area contributed by atoms with Crippen molar-refractivity contribution in [2.45, 2.75) is 38.4 Å². The van der Waals surface area contributed by atoms with Gasteiger partial charge in [0, 0.05) is 5.02 Å². The van der Waals surface area contributed by atoms with Gasteiger partial charge in [-0.3, -0.25) is 0 Å². The Morgan fingerprint density at radius 3 is 2.89 bits per heavy atom. The van der Waals surface area contributed by atoms with E-state index in [0.717, 1.165) is 12.8 Å². The van der Waals surface area contributed by atoms with E-state index in [1.165, 1.54) is 0 Å². The molecule has 3 nitrogen and oxygen atoms in total. The van der Waals surface area contributed by atoms with Crippen LogP contribution in [0.5, 0.6) is 5.75 Å². The van der Waals surface area contributed by atoms with Crippen molar-refractivity contribution in [1.29, 1.82) is 0 Å². The van der Waals surface area contributed by atoms with Crippen molar-refractivity contribution in [3.05, 3.63) is 28.8 Å². The Hall–Kier alpha value is -0.840. The molecule has 2 N–H and O–H groups in total. The molecule has 2 rings (SSSR count). The molecule has 1 aromatic rings. The van der Waals surface area contributed by atoms with Gasteiger partial charge in [0.2, 0.25) is 0 Å². The highest BCUT2D eigenvalue weighted by Crippen LogP contribution is 2.30. The minimum absolute atomic E-state index is 0.0612. The van der Waals surface area contributed by atoms with Gasteiger partial charge in [0.25, 0.3) is 0 Å². The lowest BCUT2D eigenvalue weighted by Crippen LogP contribution is -2.24. The van der Waals surface area contributed by atoms with E-state index in [2.05, 4.69) is 13.8 Å². The summed E-state index contributed by atoms with van der Waals surface area (Å²) in [6.45, 7) is 4.67. The molecule has 19 heavy (non-hydrogen) atoms. The molecular formula is C14H18ClNO2S. The lowest BCUT2D eigenvalue weighted by Gasteiger charge is -2.20. The number of ether oxygens (including phenoxy) is 2. The van der Waals surface area contributed by atoms with E-state index in [4.69, 9.17) is 39.0 Å². The Kier molecular flexibility index (Phi) is 4.33. The number of nitrogens with two attached hydrogens (primary N) is 1. The van der Waals surface area contributed by atoms with E-state index in [1.807, 2.05) is 0 Å². The fourth-order valence-corrected chi connectivity index (χ4v) is 2.53. The van der Waals surface area contributed by atoms with Crippen LogP contribution in [0.2, 0.25) is 5.02 Å². The lowest BCUT2D eigenvalue weighted by atomic mass is 10.1. The smallest absolute Gasteiger partial charge is 0.131 e. The van der Waals surface area contributed by atoms with E-state index >= 15 is 0 Å². The number of benzene rings is 1. The molecule has 1 aliphatic rings. The lowest BCUT2D eigenvalue weighted by molar-refractivity contribution is -0.0326. The zero-order valence-corrected chi connectivity index (χ0v) is 12.7. The zero-order chi connectivity index (χ0) is 14.0. The van der Waals surface area contributed by atoms with Crippen molar-refractivity contribution in [3.8, 4) is 5.75 Å². The molecule has 1 fully saturated rings. The second-order valence-electron chi connectivity index (χ2n) is 5.35. The highest BCUT2D eigenvalue weighted by Gasteiger charge is 2.32. The van der Waals surface area contributed by atoms with Crippen LogP contribution >= 0.6 is 23.8 Å². The Morgan fingerprint density at radius 1 is 1.58 bits per heavy atom. The molecule has 0 radical (unpaired) electrons. The molecule has 1 aromatic carbocycles. The number of hydrogen-bond donors (Lipinski definition) is 1. The predicted molar refractivity (Wildman–Crippen MR) is 81.0 cm³/mol. The van der Waals surface area contributed by atoms with Gasteiger partial charge in [-0.1, -0.05) is 23.8 Å². The van der Waals surface area contributed by atoms with Gasteiger partial charge in [-0.15, -0.1) is 0 Å². The van der Waals surface area contributed by atoms with Gasteiger partial charge in [-0.25, -0.2) is 0 Å². The van der Waals surface area contributed by atoms with Crippen molar-refractivity contribution in [3.63, 3.8) is 0 Å². The van der Waals surface area contributed by atoms with Crippen molar-refractivity contribution in [1.82, 2.24) is 0 Å². The summed E-state index contributed by atoms with van der Waals surface area (Å²) < 4.78 is 11.7. The van der Waals surface area contributed by atoms with Crippen molar-refractivity contribution >= 4 is 28.8 Å². The molecule has 0 aromatic heterocycles. The number of thiocarbonyl (C=S) groups is 1. The topological polar surface area (TPSA) is 44.5 Å². The standard InChI is InChI=1S/C14H18ClNO2S/c1-14(2)6-5-10(18-14)8-17-12-7-9(15)3-4-11(12)13(16)19/h3-4,7,10H,5-6,8H2,1-2H3,(H2,16,19). The Labute approximate surface area is 124 Å². The van der Waals surface area contributed by atoms with Crippen molar-refractivity contribution in [2.75, 3.05) is 6.61 Å². The Bertz CT molecular complexity index is 490. The van der Waals surface area contributed by atoms with Gasteiger partial charge in [-0.2, -0.15) is 0 Å². The van der Waals surface area contributed by atoms with Crippen molar-refractivity contribution < 1.29 is 9.47 Å². The average Bonchev–Trinajstić information content (AvgIpc) is 2.66. The summed E-state index contributed by atoms with van der Waals surface area (Å²) in [6.07, 6.45) is 2.14. The van der Waals surface area contributed by atoms with Gasteiger partial charge in [0.1, 0.15) is 17.3 Å². The molecule has 0 aliphatic carbocycles. The monoisotopic (exact) mass is 299 g/mol. The summed E-state index contributed by atoms with van der Waals surface area (Å²) in [7, 11) is 0. The minimum atomic E-state index is -0.0612. The normalized spacial score (nSPS) is 21.3. The SMILES string of the molecule is CC1(C)CCC(COc2cc(Cl)ccc2C(N)=S)O1. The molecule has 1 saturated heterocycles. The zero-order valence-electron chi connectivity index (χ0n) is 11.1. The third-order valence-electron chi connectivity index (χ3n) is 3.19. The van der Waals surface area contributed by atoms with Crippen LogP contribution in [-0.4, -0.2) is 23.3 Å². The average molecular weight is 300 g/mol. The van der Waals surface area contributed by atoms with Gasteiger partial charge in [0.05, 0.1) is 17.3 Å². The fourth-order valence-electron chi connectivity index (χ4n) is 2.20.